The molecular weight excluding hydrogens is 344 g/mol. The summed E-state index contributed by atoms with van der Waals surface area (Å²) in [6.45, 7) is 3.32. The minimum atomic E-state index is -1.22. The van der Waals surface area contributed by atoms with Crippen molar-refractivity contribution < 1.29 is 24.9 Å². The number of benzene rings is 1. The van der Waals surface area contributed by atoms with Crippen LogP contribution in [0.15, 0.2) is 6.07 Å². The van der Waals surface area contributed by atoms with Crippen molar-refractivity contribution in [1.29, 1.82) is 0 Å². The third-order valence-electron chi connectivity index (χ3n) is 6.37. The molecule has 2 aliphatic rings. The van der Waals surface area contributed by atoms with Gasteiger partial charge in [0.05, 0.1) is 15.6 Å². The molecule has 2 aliphatic carbocycles. The Balaban J connectivity index is 2.31. The Morgan fingerprint density at radius 3 is 2.38 bits per heavy atom. The van der Waals surface area contributed by atoms with Crippen LogP contribution in [-0.2, 0) is 16.6 Å². The number of carbonyl (C=O) groups is 1. The third-order valence-corrected chi connectivity index (χ3v) is 6.37. The van der Waals surface area contributed by atoms with E-state index in [1.807, 2.05) is 0 Å². The number of rotatable bonds is 3. The Morgan fingerprint density at radius 1 is 1.19 bits per heavy atom. The number of hydrogen-bond acceptors (Lipinski definition) is 7. The molecule has 9 heteroatoms. The molecule has 1 aromatic rings. The Labute approximate surface area is 148 Å². The van der Waals surface area contributed by atoms with Crippen LogP contribution in [0.25, 0.3) is 0 Å². The predicted octanol–water partition coefficient (Wildman–Crippen LogP) is 1.34. The van der Waals surface area contributed by atoms with Gasteiger partial charge in [-0.2, -0.15) is 0 Å². The van der Waals surface area contributed by atoms with Crippen molar-refractivity contribution in [3.63, 3.8) is 0 Å². The van der Waals surface area contributed by atoms with Gasteiger partial charge in [0.15, 0.2) is 0 Å². The number of nitrogens with zero attached hydrogens (tertiary/aromatic N) is 2. The third kappa shape index (κ3) is 2.26. The van der Waals surface area contributed by atoms with Crippen molar-refractivity contribution >= 4 is 17.3 Å². The minimum absolute atomic E-state index is 0.168. The topological polar surface area (TPSA) is 149 Å². The molecular formula is C17H18N2O7-2. The fourth-order valence-electron chi connectivity index (χ4n) is 5.19. The maximum absolute atomic E-state index is 12.4. The summed E-state index contributed by atoms with van der Waals surface area (Å²) >= 11 is 0. The number of fused-ring (bicyclic) bond motifs is 3. The molecule has 140 valence electrons. The van der Waals surface area contributed by atoms with Crippen LogP contribution in [-0.4, -0.2) is 15.8 Å². The Kier molecular flexibility index (Phi) is 3.93. The molecule has 0 unspecified atom stereocenters. The standard InChI is InChI=1S/C17H20N2O7/c1-16-6-3-7-17(2,15(21)22)11(16)5-4-9-8-10(18(23)24)14(20)13(12(9)16)19(25)26/h8,11,20H,3-7H2,1-2H3,(H,21,22)/p-2/t11-,16-,17-/m1/s1. The highest BCUT2D eigenvalue weighted by molar-refractivity contribution is 5.74. The van der Waals surface area contributed by atoms with Gasteiger partial charge < -0.3 is 15.0 Å². The first kappa shape index (κ1) is 18.1. The van der Waals surface area contributed by atoms with E-state index >= 15 is 0 Å². The summed E-state index contributed by atoms with van der Waals surface area (Å²) in [4.78, 5) is 32.8. The van der Waals surface area contributed by atoms with E-state index < -0.39 is 49.7 Å². The van der Waals surface area contributed by atoms with Gasteiger partial charge in [-0.25, -0.2) is 0 Å². The second-order valence-corrected chi connectivity index (χ2v) is 7.69. The molecule has 9 nitrogen and oxygen atoms in total. The second kappa shape index (κ2) is 5.65. The van der Waals surface area contributed by atoms with Crippen molar-refractivity contribution in [1.82, 2.24) is 0 Å². The summed E-state index contributed by atoms with van der Waals surface area (Å²) < 4.78 is 0. The first-order chi connectivity index (χ1) is 12.0. The van der Waals surface area contributed by atoms with E-state index in [0.29, 0.717) is 31.2 Å². The SMILES string of the molecule is C[C@@]1(C(=O)[O-])CCC[C@@]2(C)c3c(cc([N+](=O)[O-])c([O-])c3[N+](=O)[O-])CC[C@@H]12. The summed E-state index contributed by atoms with van der Waals surface area (Å²) in [5, 5.41) is 47.0. The fraction of sp³-hybridized carbons (Fsp3) is 0.588. The fourth-order valence-corrected chi connectivity index (χ4v) is 5.19. The second-order valence-electron chi connectivity index (χ2n) is 7.69. The Hall–Kier alpha value is -2.71. The van der Waals surface area contributed by atoms with Gasteiger partial charge in [-0.15, -0.1) is 0 Å². The number of carboxylic acid groups (broad SMARTS) is 1. The lowest BCUT2D eigenvalue weighted by Gasteiger charge is -2.55. The van der Waals surface area contributed by atoms with E-state index in [1.54, 1.807) is 13.8 Å². The number of aryl methyl sites for hydroxylation is 1. The summed E-state index contributed by atoms with van der Waals surface area (Å²) in [5.41, 5.74) is -3.12. The van der Waals surface area contributed by atoms with Gasteiger partial charge in [0.2, 0.25) is 0 Å². The molecule has 0 saturated heterocycles. The lowest BCUT2D eigenvalue weighted by Crippen LogP contribution is -2.56. The van der Waals surface area contributed by atoms with E-state index in [1.165, 1.54) is 0 Å². The van der Waals surface area contributed by atoms with Gasteiger partial charge in [0.1, 0.15) is 0 Å². The molecule has 0 radical (unpaired) electrons. The molecule has 1 saturated carbocycles. The average Bonchev–Trinajstić information content (AvgIpc) is 2.53. The van der Waals surface area contributed by atoms with Gasteiger partial charge in [-0.05, 0) is 37.2 Å². The van der Waals surface area contributed by atoms with Gasteiger partial charge in [0, 0.05) is 28.4 Å². The highest BCUT2D eigenvalue weighted by atomic mass is 16.6. The normalized spacial score (nSPS) is 30.2. The van der Waals surface area contributed by atoms with Crippen molar-refractivity contribution in [2.24, 2.45) is 11.3 Å². The lowest BCUT2D eigenvalue weighted by atomic mass is 9.49. The Morgan fingerprint density at radius 2 is 1.85 bits per heavy atom. The van der Waals surface area contributed by atoms with E-state index in [0.717, 1.165) is 6.07 Å². The summed E-state index contributed by atoms with van der Waals surface area (Å²) in [7, 11) is 0. The molecule has 3 atom stereocenters. The molecule has 1 aromatic carbocycles. The van der Waals surface area contributed by atoms with Gasteiger partial charge in [-0.1, -0.05) is 20.3 Å². The molecule has 0 aliphatic heterocycles. The monoisotopic (exact) mass is 362 g/mol. The molecule has 0 N–H and O–H groups in total. The first-order valence-corrected chi connectivity index (χ1v) is 8.41. The largest absolute Gasteiger partial charge is 0.863 e. The molecule has 0 spiro atoms. The van der Waals surface area contributed by atoms with Crippen LogP contribution in [0, 0.1) is 31.6 Å². The number of nitro groups is 2. The van der Waals surface area contributed by atoms with Crippen LogP contribution < -0.4 is 10.2 Å². The van der Waals surface area contributed by atoms with Crippen molar-refractivity contribution in [3.8, 4) is 5.75 Å². The molecule has 0 aromatic heterocycles. The van der Waals surface area contributed by atoms with Crippen LogP contribution in [0.3, 0.4) is 0 Å². The van der Waals surface area contributed by atoms with E-state index in [2.05, 4.69) is 0 Å². The predicted molar refractivity (Wildman–Crippen MR) is 85.3 cm³/mol. The zero-order valence-corrected chi connectivity index (χ0v) is 14.4. The van der Waals surface area contributed by atoms with Crippen molar-refractivity contribution in [2.75, 3.05) is 0 Å². The zero-order valence-electron chi connectivity index (χ0n) is 14.4. The van der Waals surface area contributed by atoms with Gasteiger partial charge in [-0.3, -0.25) is 20.2 Å². The quantitative estimate of drug-likeness (QED) is 0.581. The molecule has 26 heavy (non-hydrogen) atoms. The number of carboxylic acids is 1. The molecule has 0 heterocycles. The van der Waals surface area contributed by atoms with Gasteiger partial charge >= 0.3 is 0 Å². The van der Waals surface area contributed by atoms with Crippen LogP contribution in [0.1, 0.15) is 50.7 Å². The first-order valence-electron chi connectivity index (χ1n) is 8.41. The van der Waals surface area contributed by atoms with Gasteiger partial charge in [0.25, 0.3) is 11.4 Å². The van der Waals surface area contributed by atoms with E-state index in [-0.39, 0.29) is 12.0 Å². The summed E-state index contributed by atoms with van der Waals surface area (Å²) in [5.74, 6) is -2.87. The summed E-state index contributed by atoms with van der Waals surface area (Å²) in [6.07, 6.45) is 2.06. The molecule has 0 bridgehead atoms. The molecule has 1 fully saturated rings. The van der Waals surface area contributed by atoms with Crippen LogP contribution in [0.5, 0.6) is 5.75 Å². The van der Waals surface area contributed by atoms with Crippen molar-refractivity contribution in [2.45, 2.75) is 51.4 Å². The molecule has 0 amide bonds. The number of nitro benzene ring substituents is 2. The number of hydrogen-bond donors (Lipinski definition) is 0. The number of carbonyl (C=O) groups excluding carboxylic acids is 1. The van der Waals surface area contributed by atoms with Crippen LogP contribution in [0.2, 0.25) is 0 Å². The van der Waals surface area contributed by atoms with Crippen LogP contribution in [0.4, 0.5) is 11.4 Å². The molecule has 3 rings (SSSR count). The average molecular weight is 362 g/mol. The maximum atomic E-state index is 12.4. The van der Waals surface area contributed by atoms with E-state index in [4.69, 9.17) is 0 Å². The van der Waals surface area contributed by atoms with E-state index in [9.17, 15) is 35.2 Å². The lowest BCUT2D eigenvalue weighted by molar-refractivity contribution is -0.417. The van der Waals surface area contributed by atoms with Crippen molar-refractivity contribution in [3.05, 3.63) is 37.4 Å². The number of aliphatic carboxylic acids is 1. The maximum Gasteiger partial charge on any atom is 0.272 e. The van der Waals surface area contributed by atoms with Crippen LogP contribution >= 0.6 is 0 Å². The smallest absolute Gasteiger partial charge is 0.272 e. The highest BCUT2D eigenvalue weighted by Crippen LogP contribution is 2.60. The zero-order chi connectivity index (χ0) is 19.4. The minimum Gasteiger partial charge on any atom is -0.863 e. The summed E-state index contributed by atoms with van der Waals surface area (Å²) in [6, 6.07) is 1.12. The highest BCUT2D eigenvalue weighted by Gasteiger charge is 2.55. The Bertz CT molecular complexity index is 837.